The van der Waals surface area contributed by atoms with E-state index in [0.29, 0.717) is 0 Å². The van der Waals surface area contributed by atoms with E-state index in [1.165, 1.54) is 34.9 Å². The molecule has 1 amide bonds. The number of nitrogens with zero attached hydrogens (tertiary/aromatic N) is 5. The molecule has 0 bridgehead atoms. The molecule has 3 aromatic rings. The quantitative estimate of drug-likeness (QED) is 0.324. The van der Waals surface area contributed by atoms with Gasteiger partial charge in [0.15, 0.2) is 12.4 Å². The van der Waals surface area contributed by atoms with E-state index in [1.54, 1.807) is 6.92 Å². The van der Waals surface area contributed by atoms with Crippen LogP contribution in [0.1, 0.15) is 27.8 Å². The topological polar surface area (TPSA) is 143 Å². The number of carbonyl (C=O) groups excluding carboxylic acids is 2. The second-order valence-corrected chi connectivity index (χ2v) is 6.09. The van der Waals surface area contributed by atoms with Gasteiger partial charge in [-0.3, -0.25) is 19.6 Å². The van der Waals surface area contributed by atoms with Crippen LogP contribution in [0.15, 0.2) is 36.7 Å². The Morgan fingerprint density at radius 1 is 1.32 bits per heavy atom. The second-order valence-electron chi connectivity index (χ2n) is 6.09. The molecule has 0 atom stereocenters. The molecule has 0 unspecified atom stereocenters. The Bertz CT molecular complexity index is 1140. The number of nitro groups is 1. The van der Waals surface area contributed by atoms with Crippen LogP contribution >= 0.6 is 0 Å². The molecule has 0 fully saturated rings. The van der Waals surface area contributed by atoms with E-state index in [9.17, 15) is 24.1 Å². The van der Waals surface area contributed by atoms with Gasteiger partial charge in [0.05, 0.1) is 17.7 Å². The van der Waals surface area contributed by atoms with Crippen molar-refractivity contribution >= 4 is 23.4 Å². The Morgan fingerprint density at radius 2 is 2.10 bits per heavy atom. The summed E-state index contributed by atoms with van der Waals surface area (Å²) in [7, 11) is 1.54. The number of halogens is 1. The first kappa shape index (κ1) is 21.4. The molecule has 1 N–H and O–H groups in total. The van der Waals surface area contributed by atoms with Gasteiger partial charge in [-0.15, -0.1) is 0 Å². The van der Waals surface area contributed by atoms with Crippen molar-refractivity contribution < 1.29 is 28.4 Å². The number of hydrogen-bond acceptors (Lipinski definition) is 8. The van der Waals surface area contributed by atoms with E-state index in [2.05, 4.69) is 15.5 Å². The number of carbonyl (C=O) groups is 2. The smallest absolute Gasteiger partial charge is 0.343 e. The number of amides is 1. The van der Waals surface area contributed by atoms with E-state index in [4.69, 9.17) is 9.47 Å². The highest BCUT2D eigenvalue weighted by atomic mass is 19.1. The van der Waals surface area contributed by atoms with Crippen LogP contribution in [0.3, 0.4) is 0 Å². The Balaban J connectivity index is 1.70. The summed E-state index contributed by atoms with van der Waals surface area (Å²) in [5, 5.41) is 21.5. The molecule has 0 aliphatic carbocycles. The normalized spacial score (nSPS) is 10.5. The molecule has 0 saturated carbocycles. The Morgan fingerprint density at radius 3 is 2.81 bits per heavy atom. The zero-order valence-corrected chi connectivity index (χ0v) is 16.4. The molecule has 2 heterocycles. The van der Waals surface area contributed by atoms with Crippen LogP contribution < -0.4 is 10.1 Å². The number of aryl methyl sites for hydroxylation is 1. The van der Waals surface area contributed by atoms with Gasteiger partial charge < -0.3 is 14.8 Å². The van der Waals surface area contributed by atoms with Crippen LogP contribution in [0.2, 0.25) is 0 Å². The monoisotopic (exact) mass is 432 g/mol. The summed E-state index contributed by atoms with van der Waals surface area (Å²) < 4.78 is 26.1. The average Bonchev–Trinajstić information content (AvgIpc) is 3.34. The first-order chi connectivity index (χ1) is 14.8. The maximum absolute atomic E-state index is 13.4. The third-order valence-corrected chi connectivity index (χ3v) is 4.01. The number of aromatic nitrogens is 4. The second kappa shape index (κ2) is 9.02. The van der Waals surface area contributed by atoms with Gasteiger partial charge in [0, 0.05) is 25.4 Å². The molecule has 12 nitrogen and oxygen atoms in total. The molecule has 0 spiro atoms. The number of benzene rings is 1. The molecule has 162 valence electrons. The van der Waals surface area contributed by atoms with Crippen LogP contribution in [0.5, 0.6) is 5.75 Å². The highest BCUT2D eigenvalue weighted by Crippen LogP contribution is 2.27. The zero-order chi connectivity index (χ0) is 22.5. The lowest BCUT2D eigenvalue weighted by Gasteiger charge is -2.08. The van der Waals surface area contributed by atoms with E-state index in [-0.39, 0.29) is 36.2 Å². The third-order valence-electron chi connectivity index (χ3n) is 4.01. The summed E-state index contributed by atoms with van der Waals surface area (Å²) in [6, 6.07) is 4.19. The van der Waals surface area contributed by atoms with Crippen molar-refractivity contribution in [3.8, 4) is 5.75 Å². The Kier molecular flexibility index (Phi) is 6.23. The van der Waals surface area contributed by atoms with Gasteiger partial charge in [-0.2, -0.15) is 10.2 Å². The molecule has 0 saturated heterocycles. The van der Waals surface area contributed by atoms with Crippen LogP contribution in [0.25, 0.3) is 0 Å². The number of nitro benzene ring substituents is 1. The van der Waals surface area contributed by atoms with E-state index in [0.717, 1.165) is 18.2 Å². The van der Waals surface area contributed by atoms with Crippen LogP contribution in [-0.2, 0) is 18.5 Å². The van der Waals surface area contributed by atoms with Crippen molar-refractivity contribution in [2.24, 2.45) is 7.05 Å². The molecule has 0 aliphatic rings. The summed E-state index contributed by atoms with van der Waals surface area (Å²) in [6.07, 6.45) is 2.67. The molecular weight excluding hydrogens is 415 g/mol. The number of ether oxygens (including phenoxy) is 2. The SMILES string of the molecule is CCOC(=O)c1cnn(C)c1NC(=O)c1ccn(COc2cc(F)ccc2[N+](=O)[O-])n1. The number of esters is 1. The minimum Gasteiger partial charge on any atom is -0.464 e. The maximum atomic E-state index is 13.4. The van der Waals surface area contributed by atoms with Crippen molar-refractivity contribution in [1.82, 2.24) is 19.6 Å². The largest absolute Gasteiger partial charge is 0.464 e. The molecule has 1 aromatic carbocycles. The number of hydrogen-bond donors (Lipinski definition) is 1. The lowest BCUT2D eigenvalue weighted by atomic mass is 10.3. The minimum atomic E-state index is -0.703. The third kappa shape index (κ3) is 4.83. The van der Waals surface area contributed by atoms with Crippen molar-refractivity contribution in [3.63, 3.8) is 0 Å². The molecule has 0 aliphatic heterocycles. The summed E-state index contributed by atoms with van der Waals surface area (Å²) >= 11 is 0. The summed E-state index contributed by atoms with van der Waals surface area (Å²) in [5.74, 6) is -2.12. The van der Waals surface area contributed by atoms with Crippen LogP contribution in [0, 0.1) is 15.9 Å². The molecule has 3 rings (SSSR count). The molecule has 13 heteroatoms. The lowest BCUT2D eigenvalue weighted by Crippen LogP contribution is -2.18. The van der Waals surface area contributed by atoms with Gasteiger partial charge in [-0.05, 0) is 19.1 Å². The van der Waals surface area contributed by atoms with Crippen molar-refractivity contribution in [3.05, 3.63) is 63.8 Å². The van der Waals surface area contributed by atoms with Crippen LogP contribution in [-0.4, -0.2) is 43.0 Å². The molecule has 2 aromatic heterocycles. The summed E-state index contributed by atoms with van der Waals surface area (Å²) in [6.45, 7) is 1.51. The first-order valence-corrected chi connectivity index (χ1v) is 8.90. The van der Waals surface area contributed by atoms with Gasteiger partial charge in [-0.25, -0.2) is 13.9 Å². The molecule has 31 heavy (non-hydrogen) atoms. The zero-order valence-electron chi connectivity index (χ0n) is 16.4. The average molecular weight is 432 g/mol. The van der Waals surface area contributed by atoms with Gasteiger partial charge in [0.25, 0.3) is 5.91 Å². The fraction of sp³-hybridized carbons (Fsp3) is 0.222. The fourth-order valence-corrected chi connectivity index (χ4v) is 2.56. The van der Waals surface area contributed by atoms with Gasteiger partial charge >= 0.3 is 11.7 Å². The highest BCUT2D eigenvalue weighted by molar-refractivity contribution is 6.06. The lowest BCUT2D eigenvalue weighted by molar-refractivity contribution is -0.386. The standard InChI is InChI=1S/C18H17FN6O6/c1-3-30-18(27)12-9-20-23(2)16(12)21-17(26)13-6-7-24(22-13)10-31-15-8-11(19)4-5-14(15)25(28)29/h4-9H,3,10H2,1-2H3,(H,21,26). The van der Waals surface area contributed by atoms with Gasteiger partial charge in [-0.1, -0.05) is 0 Å². The Labute approximate surface area is 174 Å². The number of anilines is 1. The molecule has 0 radical (unpaired) electrons. The first-order valence-electron chi connectivity index (χ1n) is 8.90. The van der Waals surface area contributed by atoms with E-state index < -0.39 is 28.3 Å². The number of nitrogens with one attached hydrogen (secondary N) is 1. The minimum absolute atomic E-state index is 0.0200. The predicted octanol–water partition coefficient (Wildman–Crippen LogP) is 2.13. The predicted molar refractivity (Wildman–Crippen MR) is 103 cm³/mol. The molecular formula is C18H17FN6O6. The number of rotatable bonds is 8. The maximum Gasteiger partial charge on any atom is 0.343 e. The summed E-state index contributed by atoms with van der Waals surface area (Å²) in [4.78, 5) is 34.8. The van der Waals surface area contributed by atoms with Crippen molar-refractivity contribution in [2.75, 3.05) is 11.9 Å². The Hall–Kier alpha value is -4.29. The van der Waals surface area contributed by atoms with Gasteiger partial charge in [0.2, 0.25) is 5.75 Å². The highest BCUT2D eigenvalue weighted by Gasteiger charge is 2.21. The summed E-state index contributed by atoms with van der Waals surface area (Å²) in [5.41, 5.74) is -0.346. The fourth-order valence-electron chi connectivity index (χ4n) is 2.56. The van der Waals surface area contributed by atoms with Crippen molar-refractivity contribution in [2.45, 2.75) is 13.7 Å². The van der Waals surface area contributed by atoms with Crippen molar-refractivity contribution in [1.29, 1.82) is 0 Å². The van der Waals surface area contributed by atoms with E-state index >= 15 is 0 Å². The van der Waals surface area contributed by atoms with E-state index in [1.807, 2.05) is 0 Å². The van der Waals surface area contributed by atoms with Crippen LogP contribution in [0.4, 0.5) is 15.9 Å². The van der Waals surface area contributed by atoms with Gasteiger partial charge in [0.1, 0.15) is 17.2 Å².